The van der Waals surface area contributed by atoms with Crippen LogP contribution in [0.1, 0.15) is 22.8 Å². The van der Waals surface area contributed by atoms with E-state index in [4.69, 9.17) is 4.74 Å². The zero-order valence-corrected chi connectivity index (χ0v) is 16.4. The van der Waals surface area contributed by atoms with E-state index in [1.54, 1.807) is 6.07 Å². The van der Waals surface area contributed by atoms with Crippen molar-refractivity contribution in [2.24, 2.45) is 0 Å². The van der Waals surface area contributed by atoms with Crippen LogP contribution in [0.2, 0.25) is 0 Å². The fraction of sp³-hybridized carbons (Fsp3) is 0.364. The molecule has 6 heteroatoms. The molecule has 2 aromatic carbocycles. The summed E-state index contributed by atoms with van der Waals surface area (Å²) in [4.78, 5) is 26.4. The molecule has 1 saturated heterocycles. The van der Waals surface area contributed by atoms with Crippen LogP contribution in [-0.2, 0) is 14.3 Å². The van der Waals surface area contributed by atoms with Gasteiger partial charge in [0.05, 0.1) is 12.7 Å². The Hall–Kier alpha value is -2.70. The van der Waals surface area contributed by atoms with Crippen molar-refractivity contribution in [2.45, 2.75) is 20.0 Å². The van der Waals surface area contributed by atoms with Gasteiger partial charge in [0.2, 0.25) is 0 Å². The summed E-state index contributed by atoms with van der Waals surface area (Å²) >= 11 is 0. The summed E-state index contributed by atoms with van der Waals surface area (Å²) in [5, 5.41) is 5.34. The van der Waals surface area contributed by atoms with Crippen LogP contribution in [0, 0.1) is 13.8 Å². The third-order valence-electron chi connectivity index (χ3n) is 5.01. The molecular weight excluding hydrogens is 354 g/mol. The Bertz CT molecular complexity index is 823. The molecule has 3 rings (SSSR count). The predicted octanol–water partition coefficient (Wildman–Crippen LogP) is 2.43. The number of rotatable bonds is 5. The molecule has 1 fully saturated rings. The molecule has 28 heavy (non-hydrogen) atoms. The van der Waals surface area contributed by atoms with Crippen LogP contribution in [-0.4, -0.2) is 49.5 Å². The van der Waals surface area contributed by atoms with Crippen LogP contribution in [0.15, 0.2) is 48.5 Å². The van der Waals surface area contributed by atoms with E-state index in [1.165, 1.54) is 0 Å². The lowest BCUT2D eigenvalue weighted by atomic mass is 10.1. The minimum Gasteiger partial charge on any atom is -0.371 e. The zero-order valence-electron chi connectivity index (χ0n) is 16.4. The van der Waals surface area contributed by atoms with Crippen molar-refractivity contribution >= 4 is 17.5 Å². The minimum atomic E-state index is -0.646. The van der Waals surface area contributed by atoms with Gasteiger partial charge < -0.3 is 15.4 Å². The lowest BCUT2D eigenvalue weighted by molar-refractivity contribution is -0.136. The van der Waals surface area contributed by atoms with Crippen molar-refractivity contribution in [3.8, 4) is 0 Å². The molecule has 0 spiro atoms. The molecule has 1 heterocycles. The first-order chi connectivity index (χ1) is 13.5. The number of nitrogens with one attached hydrogen (secondary N) is 2. The standard InChI is InChI=1S/C22H27N3O3/c1-16-8-9-19(14-17(16)2)24-22(27)21(26)23-10-11-25-12-13-28-20(15-25)18-6-4-3-5-7-18/h3-9,14,20H,10-13,15H2,1-2H3,(H,23,26)(H,24,27). The number of benzene rings is 2. The summed E-state index contributed by atoms with van der Waals surface area (Å²) in [6.07, 6.45) is 0.0405. The number of hydrogen-bond acceptors (Lipinski definition) is 4. The van der Waals surface area contributed by atoms with Crippen molar-refractivity contribution in [2.75, 3.05) is 38.1 Å². The number of carbonyl (C=O) groups excluding carboxylic acids is 2. The van der Waals surface area contributed by atoms with Gasteiger partial charge in [-0.1, -0.05) is 36.4 Å². The Balaban J connectivity index is 1.43. The Labute approximate surface area is 165 Å². The SMILES string of the molecule is Cc1ccc(NC(=O)C(=O)NCCN2CCOC(c3ccccc3)C2)cc1C. The topological polar surface area (TPSA) is 70.7 Å². The van der Waals surface area contributed by atoms with Gasteiger partial charge in [0, 0.05) is 31.9 Å². The van der Waals surface area contributed by atoms with E-state index in [-0.39, 0.29) is 6.10 Å². The highest BCUT2D eigenvalue weighted by Gasteiger charge is 2.22. The second-order valence-corrected chi connectivity index (χ2v) is 7.08. The fourth-order valence-corrected chi connectivity index (χ4v) is 3.19. The number of hydrogen-bond donors (Lipinski definition) is 2. The first-order valence-electron chi connectivity index (χ1n) is 9.58. The van der Waals surface area contributed by atoms with Crippen LogP contribution in [0.4, 0.5) is 5.69 Å². The maximum atomic E-state index is 12.1. The van der Waals surface area contributed by atoms with Crippen LogP contribution >= 0.6 is 0 Å². The lowest BCUT2D eigenvalue weighted by Gasteiger charge is -2.33. The highest BCUT2D eigenvalue weighted by Crippen LogP contribution is 2.21. The van der Waals surface area contributed by atoms with Crippen LogP contribution < -0.4 is 10.6 Å². The van der Waals surface area contributed by atoms with Crippen LogP contribution in [0.5, 0.6) is 0 Å². The monoisotopic (exact) mass is 381 g/mol. The molecule has 0 saturated carbocycles. The van der Waals surface area contributed by atoms with Crippen molar-refractivity contribution in [3.63, 3.8) is 0 Å². The van der Waals surface area contributed by atoms with Crippen molar-refractivity contribution in [3.05, 3.63) is 65.2 Å². The number of aryl methyl sites for hydroxylation is 2. The van der Waals surface area contributed by atoms with E-state index in [0.717, 1.165) is 29.8 Å². The molecule has 2 aromatic rings. The van der Waals surface area contributed by atoms with E-state index in [9.17, 15) is 9.59 Å². The highest BCUT2D eigenvalue weighted by atomic mass is 16.5. The fourth-order valence-electron chi connectivity index (χ4n) is 3.19. The van der Waals surface area contributed by atoms with E-state index >= 15 is 0 Å². The largest absolute Gasteiger partial charge is 0.371 e. The number of nitrogens with zero attached hydrogens (tertiary/aromatic N) is 1. The molecule has 0 bridgehead atoms. The van der Waals surface area contributed by atoms with Gasteiger partial charge in [0.15, 0.2) is 0 Å². The maximum Gasteiger partial charge on any atom is 0.313 e. The van der Waals surface area contributed by atoms with Gasteiger partial charge in [-0.3, -0.25) is 14.5 Å². The summed E-state index contributed by atoms with van der Waals surface area (Å²) < 4.78 is 5.85. The van der Waals surface area contributed by atoms with Gasteiger partial charge in [0.25, 0.3) is 0 Å². The number of ether oxygens (including phenoxy) is 1. The second-order valence-electron chi connectivity index (χ2n) is 7.08. The van der Waals surface area contributed by atoms with E-state index in [1.807, 2.05) is 44.2 Å². The number of anilines is 1. The molecule has 1 aliphatic heterocycles. The Morgan fingerprint density at radius 3 is 2.61 bits per heavy atom. The molecular formula is C22H27N3O3. The van der Waals surface area contributed by atoms with Crippen LogP contribution in [0.25, 0.3) is 0 Å². The van der Waals surface area contributed by atoms with E-state index in [2.05, 4.69) is 27.7 Å². The van der Waals surface area contributed by atoms with Gasteiger partial charge in [0.1, 0.15) is 0 Å². The molecule has 148 valence electrons. The predicted molar refractivity (Wildman–Crippen MR) is 109 cm³/mol. The van der Waals surface area contributed by atoms with E-state index < -0.39 is 11.8 Å². The first kappa shape index (κ1) is 20.0. The third kappa shape index (κ3) is 5.41. The van der Waals surface area contributed by atoms with Crippen molar-refractivity contribution < 1.29 is 14.3 Å². The summed E-state index contributed by atoms with van der Waals surface area (Å²) in [7, 11) is 0. The van der Waals surface area contributed by atoms with Gasteiger partial charge in [-0.05, 0) is 42.7 Å². The Kier molecular flexibility index (Phi) is 6.79. The molecule has 1 aliphatic rings. The summed E-state index contributed by atoms with van der Waals surface area (Å²) in [5.41, 5.74) is 3.99. The average Bonchev–Trinajstić information content (AvgIpc) is 2.71. The maximum absolute atomic E-state index is 12.1. The quantitative estimate of drug-likeness (QED) is 0.781. The highest BCUT2D eigenvalue weighted by molar-refractivity contribution is 6.39. The molecule has 0 aliphatic carbocycles. The number of carbonyl (C=O) groups is 2. The van der Waals surface area contributed by atoms with Gasteiger partial charge in [-0.25, -0.2) is 0 Å². The zero-order chi connectivity index (χ0) is 19.9. The molecule has 2 N–H and O–H groups in total. The molecule has 6 nitrogen and oxygen atoms in total. The van der Waals surface area contributed by atoms with Crippen molar-refractivity contribution in [1.29, 1.82) is 0 Å². The third-order valence-corrected chi connectivity index (χ3v) is 5.01. The van der Waals surface area contributed by atoms with Gasteiger partial charge in [-0.15, -0.1) is 0 Å². The summed E-state index contributed by atoms with van der Waals surface area (Å²) in [6.45, 7) is 7.30. The Morgan fingerprint density at radius 2 is 1.86 bits per heavy atom. The first-order valence-corrected chi connectivity index (χ1v) is 9.58. The van der Waals surface area contributed by atoms with Crippen molar-refractivity contribution in [1.82, 2.24) is 10.2 Å². The minimum absolute atomic E-state index is 0.0405. The molecule has 1 atom stereocenters. The number of amides is 2. The lowest BCUT2D eigenvalue weighted by Crippen LogP contribution is -2.44. The molecule has 2 amide bonds. The van der Waals surface area contributed by atoms with E-state index in [0.29, 0.717) is 25.4 Å². The molecule has 1 unspecified atom stereocenters. The Morgan fingerprint density at radius 1 is 1.07 bits per heavy atom. The van der Waals surface area contributed by atoms with Gasteiger partial charge in [-0.2, -0.15) is 0 Å². The average molecular weight is 381 g/mol. The normalized spacial score (nSPS) is 17.1. The summed E-state index contributed by atoms with van der Waals surface area (Å²) in [5.74, 6) is -1.27. The smallest absolute Gasteiger partial charge is 0.313 e. The summed E-state index contributed by atoms with van der Waals surface area (Å²) in [6, 6.07) is 15.7. The van der Waals surface area contributed by atoms with Crippen LogP contribution in [0.3, 0.4) is 0 Å². The van der Waals surface area contributed by atoms with Gasteiger partial charge >= 0.3 is 11.8 Å². The second kappa shape index (κ2) is 9.48. The molecule has 0 radical (unpaired) electrons. The molecule has 0 aromatic heterocycles. The number of morpholine rings is 1.